The highest BCUT2D eigenvalue weighted by molar-refractivity contribution is 5.71. The summed E-state index contributed by atoms with van der Waals surface area (Å²) < 4.78 is 6.18. The van der Waals surface area contributed by atoms with Gasteiger partial charge in [0.15, 0.2) is 0 Å². The van der Waals surface area contributed by atoms with Crippen molar-refractivity contribution in [2.24, 2.45) is 0 Å². The van der Waals surface area contributed by atoms with Crippen molar-refractivity contribution in [3.8, 4) is 0 Å². The molecule has 0 bridgehead atoms. The zero-order valence-corrected chi connectivity index (χ0v) is 16.9. The van der Waals surface area contributed by atoms with Crippen LogP contribution in [-0.4, -0.2) is 0 Å². The second-order valence-corrected chi connectivity index (χ2v) is 7.10. The normalized spacial score (nSPS) is 15.1. The van der Waals surface area contributed by atoms with Crippen molar-refractivity contribution in [3.05, 3.63) is 94.0 Å². The van der Waals surface area contributed by atoms with Crippen LogP contribution in [0.4, 0.5) is 0 Å². The fraction of sp³-hybridized carbons (Fsp3) is 0.320. The lowest BCUT2D eigenvalue weighted by Gasteiger charge is -2.24. The van der Waals surface area contributed by atoms with Gasteiger partial charge in [0.05, 0.1) is 0 Å². The molecule has 0 aromatic heterocycles. The van der Waals surface area contributed by atoms with Crippen molar-refractivity contribution in [2.75, 3.05) is 0 Å². The molecule has 0 amide bonds. The lowest BCUT2D eigenvalue weighted by molar-refractivity contribution is 0.140. The van der Waals surface area contributed by atoms with Crippen molar-refractivity contribution in [2.45, 2.75) is 54.1 Å². The lowest BCUT2D eigenvalue weighted by Crippen LogP contribution is -2.08. The average Bonchev–Trinajstić information content (AvgIpc) is 2.59. The first kappa shape index (κ1) is 19.8. The summed E-state index contributed by atoms with van der Waals surface area (Å²) in [6.07, 6.45) is 9.19. The number of ether oxygens (including phenoxy) is 1. The number of hydrogen-bond acceptors (Lipinski definition) is 1. The summed E-state index contributed by atoms with van der Waals surface area (Å²) in [5.41, 5.74) is 12.0. The minimum atomic E-state index is -0.0507. The number of allylic oxidation sites excluding steroid dienone is 7. The van der Waals surface area contributed by atoms with Gasteiger partial charge in [-0.05, 0) is 75.0 Å². The summed E-state index contributed by atoms with van der Waals surface area (Å²) in [6.45, 7) is 16.6. The summed E-state index contributed by atoms with van der Waals surface area (Å²) in [5.74, 6) is 0.722. The van der Waals surface area contributed by atoms with Crippen LogP contribution in [0, 0.1) is 0 Å². The minimum Gasteiger partial charge on any atom is -0.486 e. The Kier molecular flexibility index (Phi) is 6.66. The minimum absolute atomic E-state index is 0.0507. The van der Waals surface area contributed by atoms with Crippen LogP contribution in [0.25, 0.3) is 5.57 Å². The van der Waals surface area contributed by atoms with Crippen LogP contribution in [0.2, 0.25) is 0 Å². The van der Waals surface area contributed by atoms with Gasteiger partial charge in [-0.3, -0.25) is 0 Å². The highest BCUT2D eigenvalue weighted by Gasteiger charge is 2.19. The Morgan fingerprint density at radius 3 is 2.62 bits per heavy atom. The van der Waals surface area contributed by atoms with Gasteiger partial charge in [0.2, 0.25) is 0 Å². The molecule has 1 aliphatic carbocycles. The third kappa shape index (κ3) is 4.77. The Morgan fingerprint density at radius 1 is 1.23 bits per heavy atom. The first-order valence-corrected chi connectivity index (χ1v) is 9.22. The van der Waals surface area contributed by atoms with Gasteiger partial charge in [-0.1, -0.05) is 54.7 Å². The molecule has 2 rings (SSSR count). The first-order valence-electron chi connectivity index (χ1n) is 9.22. The molecular formula is C25H30O. The zero-order chi connectivity index (χ0) is 19.3. The highest BCUT2D eigenvalue weighted by Crippen LogP contribution is 2.34. The third-order valence-corrected chi connectivity index (χ3v) is 4.56. The van der Waals surface area contributed by atoms with Gasteiger partial charge in [-0.15, -0.1) is 5.73 Å². The molecule has 1 unspecified atom stereocenters. The maximum atomic E-state index is 6.18. The van der Waals surface area contributed by atoms with Crippen molar-refractivity contribution in [1.29, 1.82) is 0 Å². The Balaban J connectivity index is 2.28. The van der Waals surface area contributed by atoms with Crippen LogP contribution >= 0.6 is 0 Å². The Bertz CT molecular complexity index is 848. The van der Waals surface area contributed by atoms with Crippen LogP contribution in [0.1, 0.15) is 64.3 Å². The van der Waals surface area contributed by atoms with Crippen molar-refractivity contribution < 1.29 is 4.74 Å². The fourth-order valence-electron chi connectivity index (χ4n) is 3.13. The van der Waals surface area contributed by atoms with Crippen molar-refractivity contribution in [3.63, 3.8) is 0 Å². The molecule has 0 saturated heterocycles. The summed E-state index contributed by atoms with van der Waals surface area (Å²) in [7, 11) is 0. The second-order valence-electron chi connectivity index (χ2n) is 7.10. The van der Waals surface area contributed by atoms with E-state index in [1.165, 1.54) is 33.4 Å². The predicted molar refractivity (Wildman–Crippen MR) is 113 cm³/mol. The molecule has 0 aliphatic heterocycles. The Hall–Kier alpha value is -2.50. The SMILES string of the molecule is C=C(OC(C)c1cccc2c1CC(/C=C\C)=C=C2C)/C(C)=C/C=C(C)C. The van der Waals surface area contributed by atoms with Crippen molar-refractivity contribution in [1.82, 2.24) is 0 Å². The van der Waals surface area contributed by atoms with E-state index in [0.717, 1.165) is 17.8 Å². The number of hydrogen-bond donors (Lipinski definition) is 0. The van der Waals surface area contributed by atoms with Gasteiger partial charge >= 0.3 is 0 Å². The number of fused-ring (bicyclic) bond motifs is 1. The standard InChI is InChI=1S/C25H30O/c1-8-10-22-15-19(5)23-11-9-12-24(25(23)16-22)21(7)26-20(6)18(4)14-13-17(2)3/h8-14,21H,6,16H2,1-5,7H3/b10-8-,18-14+. The summed E-state index contributed by atoms with van der Waals surface area (Å²) in [6, 6.07) is 6.45. The quantitative estimate of drug-likeness (QED) is 0.299. The van der Waals surface area contributed by atoms with Crippen LogP contribution < -0.4 is 0 Å². The van der Waals surface area contributed by atoms with Crippen LogP contribution in [0.5, 0.6) is 0 Å². The summed E-state index contributed by atoms with van der Waals surface area (Å²) in [5, 5.41) is 0. The molecule has 0 saturated carbocycles. The Labute approximate surface area is 158 Å². The molecule has 0 spiro atoms. The largest absolute Gasteiger partial charge is 0.486 e. The second kappa shape index (κ2) is 8.74. The van der Waals surface area contributed by atoms with Gasteiger partial charge < -0.3 is 4.74 Å². The molecular weight excluding hydrogens is 316 g/mol. The maximum absolute atomic E-state index is 6.18. The van der Waals surface area contributed by atoms with Gasteiger partial charge in [0, 0.05) is 6.42 Å². The molecule has 0 N–H and O–H groups in total. The van der Waals surface area contributed by atoms with Gasteiger partial charge in [-0.25, -0.2) is 0 Å². The molecule has 1 aromatic carbocycles. The van der Waals surface area contributed by atoms with Gasteiger partial charge in [-0.2, -0.15) is 0 Å². The maximum Gasteiger partial charge on any atom is 0.121 e. The average molecular weight is 347 g/mol. The van der Waals surface area contributed by atoms with Crippen LogP contribution in [-0.2, 0) is 11.2 Å². The van der Waals surface area contributed by atoms with Crippen molar-refractivity contribution >= 4 is 5.57 Å². The first-order chi connectivity index (χ1) is 12.3. The van der Waals surface area contributed by atoms with E-state index in [0.29, 0.717) is 0 Å². The van der Waals surface area contributed by atoms with Crippen LogP contribution in [0.3, 0.4) is 0 Å². The topological polar surface area (TPSA) is 9.23 Å². The number of benzene rings is 1. The van der Waals surface area contributed by atoms with Gasteiger partial charge in [0.25, 0.3) is 0 Å². The summed E-state index contributed by atoms with van der Waals surface area (Å²) >= 11 is 0. The molecule has 1 nitrogen and oxygen atoms in total. The van der Waals surface area contributed by atoms with E-state index in [1.54, 1.807) is 0 Å². The highest BCUT2D eigenvalue weighted by atomic mass is 16.5. The van der Waals surface area contributed by atoms with Crippen LogP contribution in [0.15, 0.2) is 77.3 Å². The monoisotopic (exact) mass is 346 g/mol. The van der Waals surface area contributed by atoms with E-state index < -0.39 is 0 Å². The van der Waals surface area contributed by atoms with E-state index in [9.17, 15) is 0 Å². The third-order valence-electron chi connectivity index (χ3n) is 4.56. The molecule has 1 aromatic rings. The van der Waals surface area contributed by atoms with Gasteiger partial charge in [0.1, 0.15) is 11.9 Å². The zero-order valence-electron chi connectivity index (χ0n) is 16.9. The van der Waals surface area contributed by atoms with E-state index in [2.05, 4.69) is 82.5 Å². The molecule has 136 valence electrons. The molecule has 1 atom stereocenters. The Morgan fingerprint density at radius 2 is 1.96 bits per heavy atom. The van der Waals surface area contributed by atoms with E-state index in [4.69, 9.17) is 4.74 Å². The summed E-state index contributed by atoms with van der Waals surface area (Å²) in [4.78, 5) is 0. The molecule has 26 heavy (non-hydrogen) atoms. The van der Waals surface area contributed by atoms with E-state index in [-0.39, 0.29) is 6.10 Å². The number of rotatable bonds is 6. The van der Waals surface area contributed by atoms with E-state index in [1.807, 2.05) is 13.8 Å². The molecule has 0 fully saturated rings. The molecule has 1 heteroatoms. The van der Waals surface area contributed by atoms with E-state index >= 15 is 0 Å². The smallest absolute Gasteiger partial charge is 0.121 e. The molecule has 1 aliphatic rings. The predicted octanol–water partition coefficient (Wildman–Crippen LogP) is 7.25. The molecule has 0 radical (unpaired) electrons. The molecule has 0 heterocycles. The fourth-order valence-corrected chi connectivity index (χ4v) is 3.13. The lowest BCUT2D eigenvalue weighted by atomic mass is 9.86.